The number of carbonyl (C=O) groups excluding carboxylic acids is 2. The second-order valence-electron chi connectivity index (χ2n) is 10.3. The molecule has 0 radical (unpaired) electrons. The van der Waals surface area contributed by atoms with Crippen LogP contribution in [0.5, 0.6) is 17.2 Å². The Morgan fingerprint density at radius 2 is 1.77 bits per heavy atom. The molecular weight excluding hydrogens is 508 g/mol. The molecule has 1 saturated heterocycles. The van der Waals surface area contributed by atoms with Gasteiger partial charge in [0.1, 0.15) is 11.5 Å². The molecule has 3 rings (SSSR count). The van der Waals surface area contributed by atoms with E-state index in [0.717, 1.165) is 26.1 Å². The average molecular weight is 553 g/mol. The molecule has 1 fully saturated rings. The summed E-state index contributed by atoms with van der Waals surface area (Å²) in [6.07, 6.45) is 1.59. The van der Waals surface area contributed by atoms with Crippen LogP contribution in [0.25, 0.3) is 5.76 Å². The molecule has 1 aliphatic heterocycles. The number of aliphatic hydroxyl groups excluding tert-OH is 1. The number of rotatable bonds is 15. The van der Waals surface area contributed by atoms with Gasteiger partial charge in [-0.1, -0.05) is 45.9 Å². The maximum absolute atomic E-state index is 13.5. The third kappa shape index (κ3) is 7.36. The van der Waals surface area contributed by atoms with Gasteiger partial charge in [0, 0.05) is 12.1 Å². The van der Waals surface area contributed by atoms with E-state index in [-0.39, 0.29) is 11.3 Å². The molecule has 1 heterocycles. The minimum atomic E-state index is -0.772. The molecule has 2 aromatic rings. The summed E-state index contributed by atoms with van der Waals surface area (Å²) >= 11 is 0. The summed E-state index contributed by atoms with van der Waals surface area (Å²) in [4.78, 5) is 30.7. The van der Waals surface area contributed by atoms with Gasteiger partial charge in [-0.25, -0.2) is 0 Å². The van der Waals surface area contributed by atoms with Crippen molar-refractivity contribution >= 4 is 17.4 Å². The smallest absolute Gasteiger partial charge is 0.295 e. The topological polar surface area (TPSA) is 88.5 Å². The first-order valence-corrected chi connectivity index (χ1v) is 14.3. The van der Waals surface area contributed by atoms with E-state index in [4.69, 9.17) is 14.2 Å². The van der Waals surface area contributed by atoms with Crippen LogP contribution in [0.4, 0.5) is 0 Å². The molecule has 1 N–H and O–H groups in total. The zero-order chi connectivity index (χ0) is 29.2. The summed E-state index contributed by atoms with van der Waals surface area (Å²) in [6.45, 7) is 14.3. The van der Waals surface area contributed by atoms with E-state index in [9.17, 15) is 14.7 Å². The van der Waals surface area contributed by atoms with E-state index in [2.05, 4.69) is 32.6 Å². The van der Waals surface area contributed by atoms with E-state index >= 15 is 0 Å². The molecular formula is C32H44N2O6. The van der Waals surface area contributed by atoms with Gasteiger partial charge in [-0.2, -0.15) is 0 Å². The summed E-state index contributed by atoms with van der Waals surface area (Å²) in [5.74, 6) is 0.617. The molecule has 40 heavy (non-hydrogen) atoms. The first kappa shape index (κ1) is 31.0. The number of aliphatic hydroxyl groups is 1. The third-order valence-corrected chi connectivity index (χ3v) is 7.18. The van der Waals surface area contributed by atoms with E-state index < -0.39 is 17.7 Å². The molecule has 1 amide bonds. The zero-order valence-corrected chi connectivity index (χ0v) is 24.7. The Kier molecular flexibility index (Phi) is 11.4. The number of likely N-dealkylation sites (tertiary alicyclic amines) is 1. The molecule has 2 aromatic carbocycles. The van der Waals surface area contributed by atoms with Crippen molar-refractivity contribution in [3.8, 4) is 17.2 Å². The number of Topliss-reactive ketones (excluding diaryl/α,β-unsaturated/α-hetero) is 1. The molecule has 8 heteroatoms. The van der Waals surface area contributed by atoms with Gasteiger partial charge in [0.15, 0.2) is 11.5 Å². The molecule has 8 nitrogen and oxygen atoms in total. The minimum Gasteiger partial charge on any atom is -0.507 e. The normalized spacial score (nSPS) is 16.7. The van der Waals surface area contributed by atoms with Gasteiger partial charge in [0.05, 0.1) is 31.9 Å². The van der Waals surface area contributed by atoms with Crippen molar-refractivity contribution in [3.63, 3.8) is 0 Å². The molecule has 0 aliphatic carbocycles. The fourth-order valence-corrected chi connectivity index (χ4v) is 4.90. The molecule has 1 unspecified atom stereocenters. The Balaban J connectivity index is 2.06. The highest BCUT2D eigenvalue weighted by molar-refractivity contribution is 6.46. The van der Waals surface area contributed by atoms with Crippen LogP contribution < -0.4 is 14.2 Å². The number of carbonyl (C=O) groups is 2. The summed E-state index contributed by atoms with van der Waals surface area (Å²) in [5, 5.41) is 11.4. The highest BCUT2D eigenvalue weighted by Crippen LogP contribution is 2.42. The number of nitrogens with zero attached hydrogens (tertiary/aromatic N) is 2. The van der Waals surface area contributed by atoms with Crippen LogP contribution in [0.1, 0.15) is 64.6 Å². The Labute approximate surface area is 238 Å². The van der Waals surface area contributed by atoms with Gasteiger partial charge < -0.3 is 29.1 Å². The van der Waals surface area contributed by atoms with E-state index in [1.54, 1.807) is 48.4 Å². The molecule has 1 aliphatic rings. The highest BCUT2D eigenvalue weighted by Gasteiger charge is 2.46. The third-order valence-electron chi connectivity index (χ3n) is 7.18. The first-order chi connectivity index (χ1) is 19.2. The van der Waals surface area contributed by atoms with Crippen molar-refractivity contribution in [1.82, 2.24) is 9.80 Å². The highest BCUT2D eigenvalue weighted by atomic mass is 16.5. The molecule has 0 aromatic heterocycles. The Bertz CT molecular complexity index is 1190. The lowest BCUT2D eigenvalue weighted by atomic mass is 9.95. The van der Waals surface area contributed by atoms with Crippen LogP contribution in [-0.4, -0.2) is 73.1 Å². The molecule has 1 atom stereocenters. The zero-order valence-electron chi connectivity index (χ0n) is 24.7. The standard InChI is InChI=1S/C32H44N2O6/c1-7-33(8-2)17-11-18-34-29(23-14-15-26(27(21-23)38-6)40-19-16-22(4)5)28(31(36)32(34)37)30(35)24-12-10-13-25(20-24)39-9-3/h10,12-15,20-22,29,35H,7-9,11,16-19H2,1-6H3/b30-28+. The second kappa shape index (κ2) is 14.7. The Morgan fingerprint density at radius 3 is 2.42 bits per heavy atom. The van der Waals surface area contributed by atoms with Crippen LogP contribution in [0.15, 0.2) is 48.0 Å². The monoisotopic (exact) mass is 552 g/mol. The Hall–Kier alpha value is -3.52. The SMILES string of the molecule is CCOc1cccc(/C(O)=C2\C(=O)C(=O)N(CCCN(CC)CC)C2c2ccc(OCCC(C)C)c(OC)c2)c1. The first-order valence-electron chi connectivity index (χ1n) is 14.3. The number of benzene rings is 2. The second-order valence-corrected chi connectivity index (χ2v) is 10.3. The van der Waals surface area contributed by atoms with Crippen molar-refractivity contribution < 1.29 is 28.9 Å². The minimum absolute atomic E-state index is 0.0528. The lowest BCUT2D eigenvalue weighted by Crippen LogP contribution is -2.33. The average Bonchev–Trinajstić information content (AvgIpc) is 3.20. The lowest BCUT2D eigenvalue weighted by molar-refractivity contribution is -0.140. The lowest BCUT2D eigenvalue weighted by Gasteiger charge is -2.27. The number of ether oxygens (including phenoxy) is 3. The molecule has 0 saturated carbocycles. The van der Waals surface area contributed by atoms with Crippen LogP contribution in [-0.2, 0) is 9.59 Å². The van der Waals surface area contributed by atoms with E-state index in [1.807, 2.05) is 13.0 Å². The number of amides is 1. The van der Waals surface area contributed by atoms with Gasteiger partial charge in [0.2, 0.25) is 0 Å². The molecule has 218 valence electrons. The summed E-state index contributed by atoms with van der Waals surface area (Å²) in [7, 11) is 1.56. The van der Waals surface area contributed by atoms with Crippen molar-refractivity contribution in [2.45, 2.75) is 53.5 Å². The number of methoxy groups -OCH3 is 1. The fraction of sp³-hybridized carbons (Fsp3) is 0.500. The van der Waals surface area contributed by atoms with Crippen LogP contribution >= 0.6 is 0 Å². The van der Waals surface area contributed by atoms with Crippen LogP contribution in [0.3, 0.4) is 0 Å². The van der Waals surface area contributed by atoms with Crippen molar-refractivity contribution in [1.29, 1.82) is 0 Å². The summed E-state index contributed by atoms with van der Waals surface area (Å²) in [5.41, 5.74) is 1.13. The van der Waals surface area contributed by atoms with Crippen LogP contribution in [0, 0.1) is 5.92 Å². The quantitative estimate of drug-likeness (QED) is 0.173. The van der Waals surface area contributed by atoms with E-state index in [1.165, 1.54) is 0 Å². The van der Waals surface area contributed by atoms with Crippen molar-refractivity contribution in [2.24, 2.45) is 5.92 Å². The van der Waals surface area contributed by atoms with E-state index in [0.29, 0.717) is 60.5 Å². The predicted molar refractivity (Wildman–Crippen MR) is 157 cm³/mol. The largest absolute Gasteiger partial charge is 0.507 e. The predicted octanol–water partition coefficient (Wildman–Crippen LogP) is 5.67. The summed E-state index contributed by atoms with van der Waals surface area (Å²) < 4.78 is 17.2. The number of hydrogen-bond acceptors (Lipinski definition) is 7. The molecule has 0 bridgehead atoms. The van der Waals surface area contributed by atoms with Crippen molar-refractivity contribution in [3.05, 3.63) is 59.2 Å². The maximum atomic E-state index is 13.5. The van der Waals surface area contributed by atoms with Gasteiger partial charge in [-0.15, -0.1) is 0 Å². The molecule has 0 spiro atoms. The number of hydrogen-bond donors (Lipinski definition) is 1. The van der Waals surface area contributed by atoms with Crippen molar-refractivity contribution in [2.75, 3.05) is 46.5 Å². The van der Waals surface area contributed by atoms with Gasteiger partial charge in [0.25, 0.3) is 11.7 Å². The van der Waals surface area contributed by atoms with Gasteiger partial charge in [-0.3, -0.25) is 9.59 Å². The fourth-order valence-electron chi connectivity index (χ4n) is 4.90. The Morgan fingerprint density at radius 1 is 1.02 bits per heavy atom. The number of ketones is 1. The van der Waals surface area contributed by atoms with Gasteiger partial charge in [-0.05, 0) is 75.1 Å². The van der Waals surface area contributed by atoms with Gasteiger partial charge >= 0.3 is 0 Å². The summed E-state index contributed by atoms with van der Waals surface area (Å²) in [6, 6.07) is 11.6. The maximum Gasteiger partial charge on any atom is 0.295 e. The van der Waals surface area contributed by atoms with Crippen LogP contribution in [0.2, 0.25) is 0 Å².